The number of nitrogens with one attached hydrogen (secondary N) is 1. The van der Waals surface area contributed by atoms with Crippen molar-refractivity contribution in [3.05, 3.63) is 60.2 Å². The summed E-state index contributed by atoms with van der Waals surface area (Å²) in [6, 6.07) is 13.5. The number of rotatable bonds is 10. The van der Waals surface area contributed by atoms with Crippen LogP contribution < -0.4 is 15.0 Å². The summed E-state index contributed by atoms with van der Waals surface area (Å²) in [6.07, 6.45) is 1.13. The Morgan fingerprint density at radius 2 is 1.73 bits per heavy atom. The van der Waals surface area contributed by atoms with Crippen molar-refractivity contribution >= 4 is 15.7 Å². The summed E-state index contributed by atoms with van der Waals surface area (Å²) in [4.78, 5) is 16.9. The zero-order valence-electron chi connectivity index (χ0n) is 20.7. The summed E-state index contributed by atoms with van der Waals surface area (Å²) in [5.41, 5.74) is 3.24. The molecule has 1 fully saturated rings. The number of methoxy groups -OCH3 is 1. The molecule has 3 aromatic rings. The van der Waals surface area contributed by atoms with Crippen LogP contribution in [-0.2, 0) is 25.8 Å². The molecule has 198 valence electrons. The van der Waals surface area contributed by atoms with E-state index in [2.05, 4.69) is 4.98 Å². The molecule has 11 heteroatoms. The molecule has 1 aromatic heterocycles. The first-order valence-electron chi connectivity index (χ1n) is 11.9. The Bertz CT molecular complexity index is 1310. The summed E-state index contributed by atoms with van der Waals surface area (Å²) in [5, 5.41) is 9.16. The number of oxazole rings is 1. The molecule has 2 heterocycles. The molecule has 1 aliphatic heterocycles. The highest BCUT2D eigenvalue weighted by molar-refractivity contribution is 7.93. The van der Waals surface area contributed by atoms with Gasteiger partial charge in [-0.05, 0) is 74.7 Å². The second-order valence-electron chi connectivity index (χ2n) is 8.72. The van der Waals surface area contributed by atoms with Crippen LogP contribution in [0.5, 0.6) is 11.5 Å². The van der Waals surface area contributed by atoms with Crippen LogP contribution in [0.1, 0.15) is 30.9 Å². The van der Waals surface area contributed by atoms with Crippen LogP contribution in [0, 0.1) is 6.92 Å². The monoisotopic (exact) mass is 530 g/mol. The zero-order valence-corrected chi connectivity index (χ0v) is 21.5. The number of amides is 1. The number of carbonyl (C=O) groups excluding carboxylic acids is 1. The van der Waals surface area contributed by atoms with Gasteiger partial charge >= 0.3 is 0 Å². The van der Waals surface area contributed by atoms with Gasteiger partial charge in [0.2, 0.25) is 0 Å². The van der Waals surface area contributed by atoms with E-state index >= 15 is 0 Å². The van der Waals surface area contributed by atoms with Gasteiger partial charge in [0.1, 0.15) is 23.0 Å². The molecular weight excluding hydrogens is 500 g/mol. The second-order valence-corrected chi connectivity index (χ2v) is 11.0. The number of aryl methyl sites for hydroxylation is 2. The van der Waals surface area contributed by atoms with E-state index in [9.17, 15) is 13.2 Å². The smallest absolute Gasteiger partial charge is 0.265 e. The maximum Gasteiger partial charge on any atom is 0.265 e. The Balaban J connectivity index is 1.35. The lowest BCUT2D eigenvalue weighted by molar-refractivity contribution is -0.134. The molecule has 2 aromatic carbocycles. The lowest BCUT2D eigenvalue weighted by Gasteiger charge is -2.34. The van der Waals surface area contributed by atoms with Gasteiger partial charge in [-0.1, -0.05) is 0 Å². The zero-order chi connectivity index (χ0) is 26.5. The third-order valence-corrected chi connectivity index (χ3v) is 8.99. The highest BCUT2D eigenvalue weighted by Crippen LogP contribution is 2.36. The Hall–Kier alpha value is -3.41. The van der Waals surface area contributed by atoms with Crippen molar-refractivity contribution in [2.45, 2.75) is 42.2 Å². The van der Waals surface area contributed by atoms with Crippen molar-refractivity contribution in [3.8, 4) is 22.8 Å². The normalized spacial score (nSPS) is 15.2. The fourth-order valence-electron chi connectivity index (χ4n) is 4.35. The van der Waals surface area contributed by atoms with Crippen molar-refractivity contribution in [1.82, 2.24) is 10.5 Å². The van der Waals surface area contributed by atoms with Gasteiger partial charge in [-0.3, -0.25) is 10.0 Å². The van der Waals surface area contributed by atoms with Gasteiger partial charge < -0.3 is 18.6 Å². The number of benzene rings is 2. The second kappa shape index (κ2) is 11.3. The van der Waals surface area contributed by atoms with E-state index in [0.717, 1.165) is 22.8 Å². The van der Waals surface area contributed by atoms with E-state index in [1.165, 1.54) is 17.6 Å². The van der Waals surface area contributed by atoms with Crippen LogP contribution in [0.3, 0.4) is 0 Å². The Morgan fingerprint density at radius 1 is 1.08 bits per heavy atom. The van der Waals surface area contributed by atoms with Crippen molar-refractivity contribution in [3.63, 3.8) is 0 Å². The molecule has 2 N–H and O–H groups in total. The number of hydrogen-bond acceptors (Lipinski definition) is 9. The molecule has 0 radical (unpaired) electrons. The molecule has 1 amide bonds. The maximum atomic E-state index is 13.3. The molecule has 10 nitrogen and oxygen atoms in total. The number of hydroxylamine groups is 1. The molecule has 0 atom stereocenters. The first-order chi connectivity index (χ1) is 17.8. The van der Waals surface area contributed by atoms with Crippen LogP contribution in [0.25, 0.3) is 11.3 Å². The van der Waals surface area contributed by atoms with Crippen LogP contribution in [0.4, 0.5) is 0 Å². The van der Waals surface area contributed by atoms with Gasteiger partial charge in [0.25, 0.3) is 5.91 Å². The van der Waals surface area contributed by atoms with Crippen molar-refractivity contribution in [2.24, 2.45) is 0 Å². The highest BCUT2D eigenvalue weighted by Gasteiger charge is 2.52. The third-order valence-electron chi connectivity index (χ3n) is 6.47. The van der Waals surface area contributed by atoms with E-state index in [1.54, 1.807) is 19.2 Å². The van der Waals surface area contributed by atoms with E-state index in [-0.39, 0.29) is 31.0 Å². The summed E-state index contributed by atoms with van der Waals surface area (Å²) < 4.78 is 46.8. The summed E-state index contributed by atoms with van der Waals surface area (Å²) >= 11 is 0. The molecule has 37 heavy (non-hydrogen) atoms. The van der Waals surface area contributed by atoms with Gasteiger partial charge in [0.15, 0.2) is 20.5 Å². The van der Waals surface area contributed by atoms with E-state index in [1.807, 2.05) is 31.2 Å². The molecule has 0 aliphatic carbocycles. The number of aromatic nitrogens is 1. The highest BCUT2D eigenvalue weighted by atomic mass is 32.2. The van der Waals surface area contributed by atoms with E-state index in [0.29, 0.717) is 31.1 Å². The van der Waals surface area contributed by atoms with Gasteiger partial charge in [-0.25, -0.2) is 18.9 Å². The predicted octanol–water partition coefficient (Wildman–Crippen LogP) is 3.50. The average molecular weight is 531 g/mol. The molecule has 0 bridgehead atoms. The van der Waals surface area contributed by atoms with Crippen LogP contribution in [-0.4, -0.2) is 56.2 Å². The minimum Gasteiger partial charge on any atom is -0.497 e. The lowest BCUT2D eigenvalue weighted by atomic mass is 9.98. The summed E-state index contributed by atoms with van der Waals surface area (Å²) in [6.45, 7) is 2.47. The number of sulfone groups is 1. The first kappa shape index (κ1) is 26.6. The lowest BCUT2D eigenvalue weighted by Crippen LogP contribution is -2.54. The van der Waals surface area contributed by atoms with Crippen LogP contribution >= 0.6 is 0 Å². The standard InChI is InChI=1S/C26H30N2O8S/c1-18-24(19-5-7-20(33-2)8-6-19)27-23(36-18)4-3-15-35-21-9-11-22(12-10-21)37(31,32)26(25(29)28-30)13-16-34-17-14-26/h5-12,30H,3-4,13-17H2,1-2H3,(H,28,29). The number of ether oxygens (including phenoxy) is 3. The Labute approximate surface area is 215 Å². The first-order valence-corrected chi connectivity index (χ1v) is 13.4. The summed E-state index contributed by atoms with van der Waals surface area (Å²) in [7, 11) is -2.46. The van der Waals surface area contributed by atoms with Crippen molar-refractivity contribution in [1.29, 1.82) is 0 Å². The molecule has 4 rings (SSSR count). The fourth-order valence-corrected chi connectivity index (χ4v) is 6.29. The van der Waals surface area contributed by atoms with Crippen LogP contribution in [0.2, 0.25) is 0 Å². The fraction of sp³-hybridized carbons (Fsp3) is 0.385. The van der Waals surface area contributed by atoms with Gasteiger partial charge in [-0.15, -0.1) is 0 Å². The molecule has 1 aliphatic rings. The quantitative estimate of drug-likeness (QED) is 0.229. The van der Waals surface area contributed by atoms with Gasteiger partial charge in [0.05, 0.1) is 18.6 Å². The molecule has 1 saturated heterocycles. The predicted molar refractivity (Wildman–Crippen MR) is 133 cm³/mol. The van der Waals surface area contributed by atoms with Crippen molar-refractivity contribution < 1.29 is 37.0 Å². The molecule has 0 unspecified atom stereocenters. The minimum atomic E-state index is -4.08. The van der Waals surface area contributed by atoms with E-state index in [4.69, 9.17) is 23.8 Å². The molecular formula is C26H30N2O8S. The van der Waals surface area contributed by atoms with Crippen LogP contribution in [0.15, 0.2) is 57.8 Å². The maximum absolute atomic E-state index is 13.3. The largest absolute Gasteiger partial charge is 0.497 e. The van der Waals surface area contributed by atoms with Gasteiger partial charge in [0, 0.05) is 25.2 Å². The number of hydrogen-bond donors (Lipinski definition) is 2. The number of carbonyl (C=O) groups is 1. The SMILES string of the molecule is COc1ccc(-c2nc(CCCOc3ccc(S(=O)(=O)C4(C(=O)NO)CCOCC4)cc3)oc2C)cc1. The van der Waals surface area contributed by atoms with E-state index < -0.39 is 20.5 Å². The van der Waals surface area contributed by atoms with Crippen molar-refractivity contribution in [2.75, 3.05) is 26.9 Å². The average Bonchev–Trinajstić information content (AvgIpc) is 3.31. The minimum absolute atomic E-state index is 0.0216. The molecule has 0 spiro atoms. The number of nitrogens with zero attached hydrogens (tertiary/aromatic N) is 1. The topological polar surface area (TPSA) is 137 Å². The van der Waals surface area contributed by atoms with Gasteiger partial charge in [-0.2, -0.15) is 0 Å². The Kier molecular flexibility index (Phi) is 8.16. The molecule has 0 saturated carbocycles. The Morgan fingerprint density at radius 3 is 2.35 bits per heavy atom. The summed E-state index contributed by atoms with van der Waals surface area (Å²) in [5.74, 6) is 1.65. The third kappa shape index (κ3) is 5.48.